The van der Waals surface area contributed by atoms with Crippen molar-refractivity contribution in [3.8, 4) is 0 Å². The second-order valence-corrected chi connectivity index (χ2v) is 8.39. The van der Waals surface area contributed by atoms with Crippen molar-refractivity contribution in [1.29, 1.82) is 0 Å². The van der Waals surface area contributed by atoms with Crippen LogP contribution in [0.25, 0.3) is 0 Å². The van der Waals surface area contributed by atoms with Gasteiger partial charge >= 0.3 is 0 Å². The van der Waals surface area contributed by atoms with E-state index in [0.29, 0.717) is 6.54 Å². The van der Waals surface area contributed by atoms with Crippen molar-refractivity contribution in [1.82, 2.24) is 9.97 Å². The molecule has 0 saturated heterocycles. The zero-order chi connectivity index (χ0) is 22.9. The maximum Gasteiger partial charge on any atom is 0.259 e. The van der Waals surface area contributed by atoms with Crippen molar-refractivity contribution in [2.45, 2.75) is 27.3 Å². The highest BCUT2D eigenvalue weighted by atomic mass is 16.2. The minimum Gasteiger partial charge on any atom is -0.355 e. The number of fused-ring (bicyclic) bond motifs is 1. The number of aromatic nitrogens is 2. The molecule has 0 bridgehead atoms. The number of hydrogen-bond acceptors (Lipinski definition) is 5. The molecule has 2 aromatic carbocycles. The lowest BCUT2D eigenvalue weighted by atomic mass is 10.0. The van der Waals surface area contributed by atoms with Gasteiger partial charge in [0.2, 0.25) is 0 Å². The first-order valence-corrected chi connectivity index (χ1v) is 10.9. The van der Waals surface area contributed by atoms with Gasteiger partial charge < -0.3 is 15.5 Å². The lowest BCUT2D eigenvalue weighted by molar-refractivity contribution is 0.0996. The zero-order valence-corrected chi connectivity index (χ0v) is 18.9. The molecule has 3 heterocycles. The van der Waals surface area contributed by atoms with E-state index < -0.39 is 0 Å². The van der Waals surface area contributed by atoms with Crippen molar-refractivity contribution in [3.63, 3.8) is 0 Å². The summed E-state index contributed by atoms with van der Waals surface area (Å²) in [6, 6.07) is 19.9. The van der Waals surface area contributed by atoms with E-state index in [9.17, 15) is 4.79 Å². The van der Waals surface area contributed by atoms with Crippen LogP contribution in [0.3, 0.4) is 0 Å². The monoisotopic (exact) mass is 435 g/mol. The maximum absolute atomic E-state index is 13.3. The normalized spacial score (nSPS) is 12.6. The van der Waals surface area contributed by atoms with Crippen LogP contribution in [0.2, 0.25) is 0 Å². The van der Waals surface area contributed by atoms with Crippen LogP contribution in [-0.4, -0.2) is 15.9 Å². The van der Waals surface area contributed by atoms with E-state index in [1.807, 2.05) is 80.3 Å². The summed E-state index contributed by atoms with van der Waals surface area (Å²) in [5.74, 6) is 0.0331. The van der Waals surface area contributed by atoms with E-state index >= 15 is 0 Å². The summed E-state index contributed by atoms with van der Waals surface area (Å²) in [5.41, 5.74) is 9.38. The number of benzene rings is 2. The average molecular weight is 436 g/mol. The van der Waals surface area contributed by atoms with Crippen LogP contribution < -0.4 is 15.5 Å². The van der Waals surface area contributed by atoms with E-state index in [1.165, 1.54) is 0 Å². The number of rotatable bonds is 5. The molecule has 1 amide bonds. The Kier molecular flexibility index (Phi) is 5.26. The quantitative estimate of drug-likeness (QED) is 0.399. The predicted molar refractivity (Wildman–Crippen MR) is 133 cm³/mol. The van der Waals surface area contributed by atoms with Gasteiger partial charge in [-0.25, -0.2) is 0 Å². The highest BCUT2D eigenvalue weighted by Crippen LogP contribution is 2.34. The minimum atomic E-state index is 0.0331. The number of carbonyl (C=O) groups excluding carboxylic acids is 1. The summed E-state index contributed by atoms with van der Waals surface area (Å²) in [5, 5.41) is 6.84. The topological polar surface area (TPSA) is 70.2 Å². The third kappa shape index (κ3) is 4.28. The fourth-order valence-electron chi connectivity index (χ4n) is 4.28. The van der Waals surface area contributed by atoms with Gasteiger partial charge in [-0.3, -0.25) is 14.8 Å². The van der Waals surface area contributed by atoms with Crippen LogP contribution in [0.4, 0.5) is 28.4 Å². The summed E-state index contributed by atoms with van der Waals surface area (Å²) in [7, 11) is 0. The second-order valence-electron chi connectivity index (χ2n) is 8.39. The van der Waals surface area contributed by atoms with Gasteiger partial charge in [0.25, 0.3) is 5.91 Å². The number of anilines is 5. The van der Waals surface area contributed by atoms with Gasteiger partial charge in [-0.1, -0.05) is 6.07 Å². The zero-order valence-electron chi connectivity index (χ0n) is 18.9. The molecule has 6 nitrogen and oxygen atoms in total. The van der Waals surface area contributed by atoms with Gasteiger partial charge in [-0.05, 0) is 86.5 Å². The van der Waals surface area contributed by atoms with E-state index in [4.69, 9.17) is 0 Å². The van der Waals surface area contributed by atoms with Gasteiger partial charge in [0.1, 0.15) is 0 Å². The SMILES string of the molecule is Cc1cc(Nc2cccc(N3Cc4cc(Nc5ccnc(C)c5)cc(C)c4C3=O)c2)ccn1. The number of carbonyl (C=O) groups is 1. The van der Waals surface area contributed by atoms with Crippen LogP contribution in [0.5, 0.6) is 0 Å². The molecule has 5 rings (SSSR count). The van der Waals surface area contributed by atoms with Crippen molar-refractivity contribution in [2.24, 2.45) is 0 Å². The van der Waals surface area contributed by atoms with Crippen LogP contribution >= 0.6 is 0 Å². The molecule has 0 saturated carbocycles. The summed E-state index contributed by atoms with van der Waals surface area (Å²) in [4.78, 5) is 23.6. The fraction of sp³-hybridized carbons (Fsp3) is 0.148. The Morgan fingerprint density at radius 3 is 2.06 bits per heavy atom. The van der Waals surface area contributed by atoms with Crippen molar-refractivity contribution in [3.05, 3.63) is 101 Å². The molecule has 0 aliphatic carbocycles. The van der Waals surface area contributed by atoms with Gasteiger partial charge in [0.15, 0.2) is 0 Å². The summed E-state index contributed by atoms with van der Waals surface area (Å²) in [6.07, 6.45) is 3.57. The molecular formula is C27H25N5O. The molecule has 164 valence electrons. The molecule has 0 spiro atoms. The molecule has 1 aliphatic rings. The van der Waals surface area contributed by atoms with E-state index in [2.05, 4.69) is 26.7 Å². The third-order valence-corrected chi connectivity index (χ3v) is 5.73. The third-order valence-electron chi connectivity index (χ3n) is 5.73. The Hall–Kier alpha value is -4.19. The number of aryl methyl sites for hydroxylation is 3. The molecule has 0 fully saturated rings. The second kappa shape index (κ2) is 8.39. The molecule has 0 atom stereocenters. The molecule has 0 radical (unpaired) electrons. The molecule has 1 aliphatic heterocycles. The lowest BCUT2D eigenvalue weighted by Crippen LogP contribution is -2.23. The van der Waals surface area contributed by atoms with E-state index in [-0.39, 0.29) is 5.91 Å². The van der Waals surface area contributed by atoms with Gasteiger partial charge in [-0.15, -0.1) is 0 Å². The number of hydrogen-bond donors (Lipinski definition) is 2. The first kappa shape index (κ1) is 20.7. The van der Waals surface area contributed by atoms with Crippen LogP contribution in [0, 0.1) is 20.8 Å². The van der Waals surface area contributed by atoms with Crippen LogP contribution in [0.15, 0.2) is 73.1 Å². The number of nitrogens with one attached hydrogen (secondary N) is 2. The minimum absolute atomic E-state index is 0.0331. The van der Waals surface area contributed by atoms with Crippen LogP contribution in [0.1, 0.15) is 32.9 Å². The molecule has 2 N–H and O–H groups in total. The lowest BCUT2D eigenvalue weighted by Gasteiger charge is -2.17. The Morgan fingerprint density at radius 1 is 0.758 bits per heavy atom. The number of pyridine rings is 2. The molecule has 2 aromatic heterocycles. The smallest absolute Gasteiger partial charge is 0.259 e. The fourth-order valence-corrected chi connectivity index (χ4v) is 4.28. The maximum atomic E-state index is 13.3. The van der Waals surface area contributed by atoms with Crippen molar-refractivity contribution < 1.29 is 4.79 Å². The highest BCUT2D eigenvalue weighted by Gasteiger charge is 2.30. The Labute approximate surface area is 193 Å². The van der Waals surface area contributed by atoms with Gasteiger partial charge in [-0.2, -0.15) is 0 Å². The molecule has 6 heteroatoms. The molecule has 33 heavy (non-hydrogen) atoms. The number of amides is 1. The Morgan fingerprint density at radius 2 is 1.39 bits per heavy atom. The first-order chi connectivity index (χ1) is 16.0. The summed E-state index contributed by atoms with van der Waals surface area (Å²) < 4.78 is 0. The molecular weight excluding hydrogens is 410 g/mol. The summed E-state index contributed by atoms with van der Waals surface area (Å²) in [6.45, 7) is 6.46. The molecule has 0 unspecified atom stereocenters. The van der Waals surface area contributed by atoms with Gasteiger partial charge in [0.05, 0.1) is 6.54 Å². The Balaban J connectivity index is 1.40. The van der Waals surface area contributed by atoms with Gasteiger partial charge in [0, 0.05) is 57.8 Å². The average Bonchev–Trinajstić information content (AvgIpc) is 3.11. The summed E-state index contributed by atoms with van der Waals surface area (Å²) >= 11 is 0. The standard InChI is InChI=1S/C27H25N5O/c1-17-11-24(31-23-8-10-29-19(3)13-23)14-20-16-32(27(33)26(17)20)25-6-4-5-21(15-25)30-22-7-9-28-18(2)12-22/h4-15H,16H2,1-3H3,(H,28,30)(H,29,31). The van der Waals surface area contributed by atoms with E-state index in [0.717, 1.165) is 56.5 Å². The Bertz CT molecular complexity index is 1360. The predicted octanol–water partition coefficient (Wildman–Crippen LogP) is 6.05. The highest BCUT2D eigenvalue weighted by molar-refractivity contribution is 6.11. The largest absolute Gasteiger partial charge is 0.355 e. The van der Waals surface area contributed by atoms with Crippen molar-refractivity contribution in [2.75, 3.05) is 15.5 Å². The molecule has 4 aromatic rings. The first-order valence-electron chi connectivity index (χ1n) is 10.9. The van der Waals surface area contributed by atoms with Crippen LogP contribution in [-0.2, 0) is 6.54 Å². The van der Waals surface area contributed by atoms with Crippen molar-refractivity contribution >= 4 is 34.3 Å². The number of nitrogens with zero attached hydrogens (tertiary/aromatic N) is 3. The van der Waals surface area contributed by atoms with E-state index in [1.54, 1.807) is 12.4 Å².